The van der Waals surface area contributed by atoms with E-state index in [2.05, 4.69) is 15.3 Å². The van der Waals surface area contributed by atoms with Crippen LogP contribution in [-0.4, -0.2) is 26.2 Å². The van der Waals surface area contributed by atoms with Crippen molar-refractivity contribution < 1.29 is 5.11 Å². The Hall–Kier alpha value is -3.13. The Bertz CT molecular complexity index is 1270. The molecule has 0 amide bonds. The normalized spacial score (nSPS) is 11.0. The molecule has 0 radical (unpaired) electrons. The van der Waals surface area contributed by atoms with E-state index in [1.807, 2.05) is 30.3 Å². The molecule has 2 aromatic heterocycles. The fourth-order valence-corrected chi connectivity index (χ4v) is 3.82. The number of pyridine rings is 1. The number of aromatic nitrogens is 3. The molecule has 7 nitrogen and oxygen atoms in total. The highest BCUT2D eigenvalue weighted by molar-refractivity contribution is 6.39. The summed E-state index contributed by atoms with van der Waals surface area (Å²) in [6.07, 6.45) is 0. The smallest absolute Gasteiger partial charge is 0.260 e. The summed E-state index contributed by atoms with van der Waals surface area (Å²) in [6, 6.07) is 15.9. The molecule has 30 heavy (non-hydrogen) atoms. The average Bonchev–Trinajstić information content (AvgIpc) is 2.72. The summed E-state index contributed by atoms with van der Waals surface area (Å²) in [5, 5.41) is 13.7. The van der Waals surface area contributed by atoms with E-state index in [-0.39, 0.29) is 30.5 Å². The van der Waals surface area contributed by atoms with Crippen LogP contribution in [0.5, 0.6) is 0 Å². The summed E-state index contributed by atoms with van der Waals surface area (Å²) in [4.78, 5) is 22.1. The molecule has 0 unspecified atom stereocenters. The van der Waals surface area contributed by atoms with Crippen LogP contribution in [0.15, 0.2) is 59.4 Å². The molecule has 0 saturated carbocycles. The van der Waals surface area contributed by atoms with E-state index in [1.54, 1.807) is 24.3 Å². The van der Waals surface area contributed by atoms with Crippen LogP contribution in [0.1, 0.15) is 0 Å². The largest absolute Gasteiger partial charge is 0.395 e. The van der Waals surface area contributed by atoms with Gasteiger partial charge in [-0.25, -0.2) is 0 Å². The van der Waals surface area contributed by atoms with Crippen molar-refractivity contribution in [3.8, 4) is 11.1 Å². The van der Waals surface area contributed by atoms with Gasteiger partial charge < -0.3 is 16.2 Å². The Morgan fingerprint density at radius 1 is 1.03 bits per heavy atom. The number of nitrogens with zero attached hydrogens (tertiary/aromatic N) is 3. The number of fused-ring (bicyclic) bond motifs is 1. The molecule has 0 spiro atoms. The number of nitrogens with two attached hydrogens (primary N) is 1. The fraction of sp³-hybridized carbons (Fsp3) is 0.0952. The van der Waals surface area contributed by atoms with E-state index in [0.717, 1.165) is 5.69 Å². The van der Waals surface area contributed by atoms with Gasteiger partial charge in [0.25, 0.3) is 5.56 Å². The second-order valence-corrected chi connectivity index (χ2v) is 7.31. The van der Waals surface area contributed by atoms with E-state index < -0.39 is 5.56 Å². The number of aliphatic hydroxyl groups excluding tert-OH is 1. The number of rotatable bonds is 5. The molecule has 0 bridgehead atoms. The maximum Gasteiger partial charge on any atom is 0.260 e. The fourth-order valence-electron chi connectivity index (χ4n) is 3.21. The van der Waals surface area contributed by atoms with E-state index in [4.69, 9.17) is 28.9 Å². The van der Waals surface area contributed by atoms with Gasteiger partial charge in [-0.3, -0.25) is 9.36 Å². The minimum absolute atomic E-state index is 0.0203. The minimum atomic E-state index is -0.393. The van der Waals surface area contributed by atoms with Gasteiger partial charge in [0.05, 0.1) is 34.1 Å². The predicted molar refractivity (Wildman–Crippen MR) is 120 cm³/mol. The van der Waals surface area contributed by atoms with Crippen molar-refractivity contribution in [1.29, 1.82) is 0 Å². The monoisotopic (exact) mass is 441 g/mol. The first kappa shape index (κ1) is 20.2. The summed E-state index contributed by atoms with van der Waals surface area (Å²) >= 11 is 12.6. The third kappa shape index (κ3) is 3.70. The highest BCUT2D eigenvalue weighted by atomic mass is 35.5. The zero-order valence-corrected chi connectivity index (χ0v) is 17.2. The molecule has 0 saturated heterocycles. The first-order chi connectivity index (χ1) is 14.5. The third-order valence-corrected chi connectivity index (χ3v) is 5.19. The lowest BCUT2D eigenvalue weighted by molar-refractivity contribution is 0.276. The van der Waals surface area contributed by atoms with Gasteiger partial charge in [0.2, 0.25) is 5.95 Å². The summed E-state index contributed by atoms with van der Waals surface area (Å²) < 4.78 is 1.35. The lowest BCUT2D eigenvalue weighted by atomic mass is 10.1. The van der Waals surface area contributed by atoms with Crippen LogP contribution < -0.4 is 16.6 Å². The van der Waals surface area contributed by atoms with Crippen LogP contribution in [0.2, 0.25) is 10.0 Å². The number of para-hydroxylation sites is 1. The van der Waals surface area contributed by atoms with Crippen molar-refractivity contribution in [2.75, 3.05) is 17.7 Å². The average molecular weight is 442 g/mol. The number of anilines is 3. The van der Waals surface area contributed by atoms with Crippen molar-refractivity contribution in [2.24, 2.45) is 0 Å². The molecule has 0 atom stereocenters. The van der Waals surface area contributed by atoms with Crippen molar-refractivity contribution in [3.05, 3.63) is 75.0 Å². The van der Waals surface area contributed by atoms with Gasteiger partial charge in [-0.05, 0) is 30.3 Å². The number of benzene rings is 2. The number of halogens is 2. The molecule has 2 heterocycles. The van der Waals surface area contributed by atoms with Crippen molar-refractivity contribution >= 4 is 51.7 Å². The van der Waals surface area contributed by atoms with Gasteiger partial charge >= 0.3 is 0 Å². The molecule has 0 aliphatic rings. The Morgan fingerprint density at radius 3 is 2.40 bits per heavy atom. The van der Waals surface area contributed by atoms with Crippen LogP contribution >= 0.6 is 23.2 Å². The van der Waals surface area contributed by atoms with Gasteiger partial charge in [-0.1, -0.05) is 47.5 Å². The topological polar surface area (TPSA) is 106 Å². The molecule has 4 N–H and O–H groups in total. The van der Waals surface area contributed by atoms with Crippen LogP contribution in [0.25, 0.3) is 22.2 Å². The van der Waals surface area contributed by atoms with E-state index in [1.165, 1.54) is 4.57 Å². The SMILES string of the molecule is Nc1nc(Nc2ccccc2)nc2c1cc(-c1c(Cl)cccc1Cl)c(=O)n2CCO. The summed E-state index contributed by atoms with van der Waals surface area (Å²) in [6.45, 7) is -0.244. The molecule has 4 rings (SSSR count). The number of hydrogen-bond donors (Lipinski definition) is 3. The lowest BCUT2D eigenvalue weighted by Gasteiger charge is -2.15. The Labute approximate surface area is 181 Å². The van der Waals surface area contributed by atoms with Crippen LogP contribution in [0.3, 0.4) is 0 Å². The van der Waals surface area contributed by atoms with Crippen LogP contribution in [-0.2, 0) is 6.54 Å². The second kappa shape index (κ2) is 8.31. The van der Waals surface area contributed by atoms with Crippen molar-refractivity contribution in [1.82, 2.24) is 14.5 Å². The number of nitrogen functional groups attached to an aromatic ring is 1. The van der Waals surface area contributed by atoms with Crippen LogP contribution in [0, 0.1) is 0 Å². The molecule has 9 heteroatoms. The van der Waals surface area contributed by atoms with Crippen molar-refractivity contribution in [3.63, 3.8) is 0 Å². The molecule has 2 aromatic carbocycles. The maximum absolute atomic E-state index is 13.3. The van der Waals surface area contributed by atoms with Gasteiger partial charge in [0.1, 0.15) is 5.82 Å². The molecular formula is C21H17Cl2N5O2. The lowest BCUT2D eigenvalue weighted by Crippen LogP contribution is -2.25. The third-order valence-electron chi connectivity index (χ3n) is 4.56. The molecule has 4 aromatic rings. The quantitative estimate of drug-likeness (QED) is 0.430. The molecule has 0 aliphatic heterocycles. The number of nitrogens with one attached hydrogen (secondary N) is 1. The Morgan fingerprint density at radius 2 is 1.73 bits per heavy atom. The van der Waals surface area contributed by atoms with Gasteiger partial charge in [0.15, 0.2) is 5.65 Å². The highest BCUT2D eigenvalue weighted by Crippen LogP contribution is 2.34. The van der Waals surface area contributed by atoms with Gasteiger partial charge in [-0.15, -0.1) is 0 Å². The number of aliphatic hydroxyl groups is 1. The zero-order chi connectivity index (χ0) is 21.3. The predicted octanol–water partition coefficient (Wildman–Crippen LogP) is 4.08. The Kier molecular flexibility index (Phi) is 5.59. The second-order valence-electron chi connectivity index (χ2n) is 6.50. The van der Waals surface area contributed by atoms with Crippen LogP contribution in [0.4, 0.5) is 17.5 Å². The first-order valence-corrected chi connectivity index (χ1v) is 9.83. The van der Waals surface area contributed by atoms with E-state index >= 15 is 0 Å². The summed E-state index contributed by atoms with van der Waals surface area (Å²) in [7, 11) is 0. The zero-order valence-electron chi connectivity index (χ0n) is 15.6. The Balaban J connectivity index is 1.96. The highest BCUT2D eigenvalue weighted by Gasteiger charge is 2.19. The van der Waals surface area contributed by atoms with E-state index in [9.17, 15) is 9.90 Å². The van der Waals surface area contributed by atoms with Crippen molar-refractivity contribution in [2.45, 2.75) is 6.54 Å². The maximum atomic E-state index is 13.3. The van der Waals surface area contributed by atoms with Gasteiger partial charge in [-0.2, -0.15) is 9.97 Å². The minimum Gasteiger partial charge on any atom is -0.395 e. The standard InChI is InChI=1S/C21H17Cl2N5O2/c22-15-7-4-8-16(23)17(15)13-11-14-18(24)26-21(25-12-5-2-1-3-6-12)27-19(14)28(9-10-29)20(13)30/h1-8,11,29H,9-10H2,(H3,24,25,26,27). The summed E-state index contributed by atoms with van der Waals surface area (Å²) in [5.41, 5.74) is 7.54. The summed E-state index contributed by atoms with van der Waals surface area (Å²) in [5.74, 6) is 0.412. The first-order valence-electron chi connectivity index (χ1n) is 9.08. The molecule has 152 valence electrons. The molecule has 0 fully saturated rings. The van der Waals surface area contributed by atoms with Gasteiger partial charge in [0, 0.05) is 11.3 Å². The molecule has 0 aliphatic carbocycles. The van der Waals surface area contributed by atoms with E-state index in [0.29, 0.717) is 26.6 Å². The number of hydrogen-bond acceptors (Lipinski definition) is 6. The molecular weight excluding hydrogens is 425 g/mol.